The van der Waals surface area contributed by atoms with E-state index in [0.717, 1.165) is 41.8 Å². The van der Waals surface area contributed by atoms with E-state index in [1.807, 2.05) is 6.92 Å². The van der Waals surface area contributed by atoms with Gasteiger partial charge in [-0.15, -0.1) is 72.5 Å². The second kappa shape index (κ2) is 39.6. The van der Waals surface area contributed by atoms with Gasteiger partial charge >= 0.3 is 11.4 Å². The molecule has 115 heavy (non-hydrogen) atoms. The third-order valence-electron chi connectivity index (χ3n) is 20.5. The van der Waals surface area contributed by atoms with Crippen molar-refractivity contribution in [2.75, 3.05) is 97.5 Å². The van der Waals surface area contributed by atoms with Crippen LogP contribution in [-0.2, 0) is 50.9 Å². The summed E-state index contributed by atoms with van der Waals surface area (Å²) in [7, 11) is 0. The van der Waals surface area contributed by atoms with Crippen molar-refractivity contribution < 1.29 is 89.1 Å². The molecule has 0 bridgehead atoms. The molecule has 2 aromatic rings. The first kappa shape index (κ1) is 98.1. The first-order chi connectivity index (χ1) is 52.8. The number of aliphatic hydroxyl groups excluding tert-OH is 8. The summed E-state index contributed by atoms with van der Waals surface area (Å²) in [6.07, 6.45) is 28.0. The van der Waals surface area contributed by atoms with Gasteiger partial charge in [0.15, 0.2) is 31.1 Å². The third-order valence-corrected chi connectivity index (χ3v) is 27.9. The molecular weight excluding hydrogens is 1580 g/mol. The Morgan fingerprint density at radius 1 is 0.452 bits per heavy atom. The number of H-pyrrole nitrogens is 2. The number of hydrogen-bond donors (Lipinski definition) is 15. The number of carbonyl (C=O) groups excluding carboxylic acids is 3. The lowest BCUT2D eigenvalue weighted by Crippen LogP contribution is -2.53. The van der Waals surface area contributed by atoms with Crippen molar-refractivity contribution in [2.24, 2.45) is 0 Å². The Morgan fingerprint density at radius 2 is 0.783 bits per heavy atom. The molecule has 10 heterocycles. The van der Waals surface area contributed by atoms with Crippen molar-refractivity contribution >= 4 is 83.6 Å². The van der Waals surface area contributed by atoms with Gasteiger partial charge in [0.2, 0.25) is 0 Å². The molecule has 37 heteroatoms. The summed E-state index contributed by atoms with van der Waals surface area (Å²) in [4.78, 5) is 90.9. The van der Waals surface area contributed by atoms with Gasteiger partial charge in [0.25, 0.3) is 28.8 Å². The number of aryl methyl sites for hydroxylation is 2. The maximum Gasteiger partial charge on any atom is 0.330 e. The number of amides is 3. The number of rotatable bonds is 25. The van der Waals surface area contributed by atoms with E-state index in [9.17, 15) is 84.6 Å². The maximum absolute atomic E-state index is 12.1. The van der Waals surface area contributed by atoms with E-state index < -0.39 is 178 Å². The van der Waals surface area contributed by atoms with E-state index in [1.165, 1.54) is 82.3 Å². The quantitative estimate of drug-likeness (QED) is 0.0496. The lowest BCUT2D eigenvalue weighted by molar-refractivity contribution is -0.124. The molecule has 3 amide bonds. The van der Waals surface area contributed by atoms with E-state index in [2.05, 4.69) is 150 Å². The minimum atomic E-state index is -1.47. The number of nitrogens with zero attached hydrogens (tertiary/aromatic N) is 5. The minimum absolute atomic E-state index is 0.277. The SMILES string of the molecule is C=C1NC(=O)C=CN1C1O[C@H](CCP(=C)(C)C)[C@@H](O)[C@@]1(C)O.C=C1NC(=O)C=CN1C1O[C@H](CCP(=C)(C)C)[C@@H](O)[C@]1(C)O.C=C1NC(=O)C=CN1C1O[C@](C)(CCP(=C)(C)C)[C@@H](O)[C@H]1O.C=CCCc1cn(C2O[C@H](CCP(=C)(C)C)[C@@H](O)[C@H]2O)c(=O)[nH]c1=O.C=P(C)(C)CC[C@H]1OC(n2cc(CCC)c(=O)[nH]c2=O)[C@H](O)[C@@H]1O. The molecule has 0 aromatic carbocycles. The topological polar surface area (TPSA) is 455 Å². The largest absolute Gasteiger partial charge is 0.388 e. The highest BCUT2D eigenvalue weighted by Gasteiger charge is 2.57. The van der Waals surface area contributed by atoms with Crippen molar-refractivity contribution in [2.45, 2.75) is 207 Å². The van der Waals surface area contributed by atoms with Crippen molar-refractivity contribution in [1.29, 1.82) is 0 Å². The average Bonchev–Trinajstić information content (AvgIpc) is 1.35. The molecule has 5 fully saturated rings. The summed E-state index contributed by atoms with van der Waals surface area (Å²) in [6, 6.07) is 0. The Bertz CT molecular complexity index is 4350. The van der Waals surface area contributed by atoms with Crippen LogP contribution >= 0.6 is 34.4 Å². The number of aliphatic hydroxyl groups is 10. The molecule has 0 radical (unpaired) electrons. The zero-order chi connectivity index (χ0) is 87.0. The fourth-order valence-electron chi connectivity index (χ4n) is 13.6. The molecule has 648 valence electrons. The van der Waals surface area contributed by atoms with Crippen molar-refractivity contribution in [3.05, 3.63) is 152 Å². The van der Waals surface area contributed by atoms with Gasteiger partial charge in [0.05, 0.1) is 30.0 Å². The zero-order valence-corrected chi connectivity index (χ0v) is 73.6. The minimum Gasteiger partial charge on any atom is -0.388 e. The van der Waals surface area contributed by atoms with Gasteiger partial charge in [-0.05, 0) is 170 Å². The highest BCUT2D eigenvalue weighted by Crippen LogP contribution is 2.47. The van der Waals surface area contributed by atoms with Crippen LogP contribution in [0.25, 0.3) is 0 Å². The predicted molar refractivity (Wildman–Crippen MR) is 465 cm³/mol. The number of allylic oxidation sites excluding steroid dienone is 1. The number of aromatic nitrogens is 4. The lowest BCUT2D eigenvalue weighted by Gasteiger charge is -2.37. The molecule has 5 unspecified atom stereocenters. The van der Waals surface area contributed by atoms with Crippen LogP contribution in [0.2, 0.25) is 0 Å². The maximum atomic E-state index is 12.1. The highest BCUT2D eigenvalue weighted by atomic mass is 31.2. The molecule has 32 nitrogen and oxygen atoms in total. The fourth-order valence-corrected chi connectivity index (χ4v) is 18.4. The van der Waals surface area contributed by atoms with Crippen molar-refractivity contribution in [1.82, 2.24) is 49.8 Å². The van der Waals surface area contributed by atoms with Crippen LogP contribution < -0.4 is 38.4 Å². The van der Waals surface area contributed by atoms with Crippen LogP contribution in [-0.4, -0.2) is 340 Å². The number of carbonyl (C=O) groups is 3. The van der Waals surface area contributed by atoms with Crippen LogP contribution in [0.4, 0.5) is 0 Å². The summed E-state index contributed by atoms with van der Waals surface area (Å²) < 4.78 is 31.6. The van der Waals surface area contributed by atoms with Gasteiger partial charge in [-0.2, -0.15) is 0 Å². The van der Waals surface area contributed by atoms with Gasteiger partial charge in [-0.3, -0.25) is 43.1 Å². The van der Waals surface area contributed by atoms with Gasteiger partial charge < -0.3 is 105 Å². The first-order valence-corrected chi connectivity index (χ1v) is 53.4. The Kier molecular flexibility index (Phi) is 33.8. The Labute approximate surface area is 675 Å². The smallest absolute Gasteiger partial charge is 0.330 e. The van der Waals surface area contributed by atoms with Gasteiger partial charge in [-0.25, -0.2) is 9.59 Å². The highest BCUT2D eigenvalue weighted by molar-refractivity contribution is 7.73. The molecule has 0 spiro atoms. The van der Waals surface area contributed by atoms with E-state index >= 15 is 0 Å². The molecule has 15 N–H and O–H groups in total. The molecule has 8 aliphatic heterocycles. The van der Waals surface area contributed by atoms with E-state index in [4.69, 9.17) is 23.7 Å². The van der Waals surface area contributed by atoms with E-state index in [0.29, 0.717) is 80.0 Å². The first-order valence-electron chi connectivity index (χ1n) is 38.1. The molecule has 5 saturated heterocycles. The van der Waals surface area contributed by atoms with E-state index in [-0.39, 0.29) is 17.7 Å². The Hall–Kier alpha value is -5.75. The average molecular weight is 1710 g/mol. The van der Waals surface area contributed by atoms with Crippen LogP contribution in [0.3, 0.4) is 0 Å². The molecule has 8 aliphatic rings. The molecule has 20 atom stereocenters. The molecule has 0 saturated carbocycles. The summed E-state index contributed by atoms with van der Waals surface area (Å²) >= 11 is 0. The van der Waals surface area contributed by atoms with E-state index in [1.54, 1.807) is 13.0 Å². The van der Waals surface area contributed by atoms with Crippen LogP contribution in [0.5, 0.6) is 0 Å². The standard InChI is InChI=1S/C17H27N2O5P.C16H27N2O5P.3C15H25N2O4P/c1-5-6-7-11-10-19(17(23)18-15(11)22)16-14(21)13(20)12(24-16)8-9-25(2,3)4;1-5-6-10-9-18(16(22)17-14(10)21)15-13(20)12(19)11(23-15)7-8-24(2,3)4;2*1-10-16-12(18)6-8-17(10)14-15(2,20)13(19)11(21-14)7-9-22(3,4)5;1-10-16-11(18)6-8-17(10)14-12(19)13(20)15(2,21-14)7-9-22(3,4)5/h5,10,12-14,16,20-21H,1-2,6-9H2,3-4H3,(H,18,22,23);9,11-13,15,19-20H,2,5-8H2,1,3-4H3,(H,17,21,22);2*6,8,11,13-14,19-20H,1,3,7,9H2,2,4-5H3,(H,16,18);6,8,12-14,19-20H,1,3,7,9H2,2,4-5H3,(H,16,18)/t12-,13-,14-,16?;11-,12-,13-,15?;11-,13-,14?,15+;11-,13-,14?,15-;12-,13+,14?,15-/m11111/s1. The van der Waals surface area contributed by atoms with Crippen LogP contribution in [0, 0.1) is 0 Å². The summed E-state index contributed by atoms with van der Waals surface area (Å²) in [5, 5.41) is 112. The lowest BCUT2D eigenvalue weighted by atomic mass is 9.94. The van der Waals surface area contributed by atoms with Crippen molar-refractivity contribution in [3.8, 4) is 0 Å². The monoisotopic (exact) mass is 1710 g/mol. The summed E-state index contributed by atoms with van der Waals surface area (Å²) in [5.74, 6) is 0.115. The number of nitrogens with one attached hydrogen (secondary N) is 5. The second-order valence-electron chi connectivity index (χ2n) is 34.6. The summed E-state index contributed by atoms with van der Waals surface area (Å²) in [5.41, 5.74) is -5.14. The molecule has 0 aliphatic carbocycles. The number of ether oxygens (including phenoxy) is 5. The number of aromatic amines is 2. The number of hydrogen-bond acceptors (Lipinski definition) is 25. The van der Waals surface area contributed by atoms with Crippen LogP contribution in [0.1, 0.15) is 96.2 Å². The fraction of sp³-hybridized carbons (Fsp3) is 0.615. The second-order valence-corrected chi connectivity index (χ2v) is 56.2. The van der Waals surface area contributed by atoms with Crippen molar-refractivity contribution in [3.63, 3.8) is 0 Å². The van der Waals surface area contributed by atoms with Gasteiger partial charge in [0.1, 0.15) is 77.5 Å². The normalized spacial score (nSPS) is 32.1. The Morgan fingerprint density at radius 3 is 1.10 bits per heavy atom. The molecule has 10 rings (SSSR count). The van der Waals surface area contributed by atoms with Gasteiger partial charge in [0, 0.05) is 60.3 Å². The zero-order valence-electron chi connectivity index (χ0n) is 69.1. The predicted octanol–water partition coefficient (Wildman–Crippen LogP) is 1.60. The third kappa shape index (κ3) is 26.6. The van der Waals surface area contributed by atoms with Crippen LogP contribution in [0.15, 0.2) is 118 Å². The molecule has 2 aromatic heterocycles. The van der Waals surface area contributed by atoms with Gasteiger partial charge in [-0.1, -0.05) is 39.2 Å². The summed E-state index contributed by atoms with van der Waals surface area (Å²) in [6.45, 7) is 36.4. The molecular formula is C78H129N10O22P5. The Balaban J connectivity index is 0.000000224.